The van der Waals surface area contributed by atoms with Crippen molar-refractivity contribution in [3.63, 3.8) is 0 Å². The van der Waals surface area contributed by atoms with Crippen molar-refractivity contribution in [1.29, 1.82) is 0 Å². The van der Waals surface area contributed by atoms with Crippen molar-refractivity contribution in [2.75, 3.05) is 0 Å². The van der Waals surface area contributed by atoms with Gasteiger partial charge in [0.2, 0.25) is 5.91 Å². The molecule has 0 spiro atoms. The number of amides is 1. The predicted octanol–water partition coefficient (Wildman–Crippen LogP) is 1.90. The maximum Gasteiger partial charge on any atom is 0.222 e. The van der Waals surface area contributed by atoms with Crippen LogP contribution in [-0.4, -0.2) is 22.2 Å². The summed E-state index contributed by atoms with van der Waals surface area (Å²) in [5, 5.41) is 16.1. The highest BCUT2D eigenvalue weighted by Crippen LogP contribution is 2.47. The Balaban J connectivity index is 1.91. The summed E-state index contributed by atoms with van der Waals surface area (Å²) in [5.74, 6) is 1.11. The van der Waals surface area contributed by atoms with E-state index in [-0.39, 0.29) is 29.9 Å². The van der Waals surface area contributed by atoms with Crippen LogP contribution in [0.5, 0.6) is 0 Å². The lowest BCUT2D eigenvalue weighted by Gasteiger charge is -2.52. The summed E-state index contributed by atoms with van der Waals surface area (Å²) in [6, 6.07) is 2.03. The Kier molecular flexibility index (Phi) is 4.18. The Hall–Kier alpha value is -1.36. The van der Waals surface area contributed by atoms with Gasteiger partial charge in [-0.3, -0.25) is 4.79 Å². The van der Waals surface area contributed by atoms with Crippen LogP contribution >= 0.6 is 0 Å². The van der Waals surface area contributed by atoms with Crippen LogP contribution in [0.1, 0.15) is 45.6 Å². The van der Waals surface area contributed by atoms with E-state index in [1.807, 2.05) is 13.8 Å². The van der Waals surface area contributed by atoms with E-state index < -0.39 is 0 Å². The van der Waals surface area contributed by atoms with Crippen LogP contribution in [0.15, 0.2) is 10.6 Å². The van der Waals surface area contributed by atoms with Crippen LogP contribution in [0.4, 0.5) is 0 Å². The van der Waals surface area contributed by atoms with Gasteiger partial charge in [0.15, 0.2) is 5.76 Å². The molecule has 1 aliphatic carbocycles. The lowest BCUT2D eigenvalue weighted by atomic mass is 9.57. The number of carbonyl (C=O) groups excluding carboxylic acids is 1. The number of hydrogen-bond donors (Lipinski definition) is 2. The molecule has 5 nitrogen and oxygen atoms in total. The second-order valence-corrected chi connectivity index (χ2v) is 6.62. The van der Waals surface area contributed by atoms with E-state index in [1.54, 1.807) is 6.07 Å². The zero-order chi connectivity index (χ0) is 14.9. The summed E-state index contributed by atoms with van der Waals surface area (Å²) in [6.07, 6.45) is 1.79. The van der Waals surface area contributed by atoms with Gasteiger partial charge in [0.1, 0.15) is 6.61 Å². The summed E-state index contributed by atoms with van der Waals surface area (Å²) < 4.78 is 5.00. The van der Waals surface area contributed by atoms with Crippen LogP contribution in [-0.2, 0) is 17.8 Å². The van der Waals surface area contributed by atoms with Crippen molar-refractivity contribution >= 4 is 5.91 Å². The van der Waals surface area contributed by atoms with Gasteiger partial charge < -0.3 is 14.9 Å². The summed E-state index contributed by atoms with van der Waals surface area (Å²) in [5.41, 5.74) is 0.934. The Morgan fingerprint density at radius 2 is 2.30 bits per heavy atom. The number of carbonyl (C=O) groups is 1. The molecule has 1 amide bonds. The Bertz CT molecular complexity index is 479. The minimum atomic E-state index is -0.117. The molecule has 0 aliphatic heterocycles. The molecular formula is C15H24N2O3. The van der Waals surface area contributed by atoms with Crippen molar-refractivity contribution in [1.82, 2.24) is 10.5 Å². The highest BCUT2D eigenvalue weighted by molar-refractivity contribution is 5.78. The van der Waals surface area contributed by atoms with E-state index in [2.05, 4.69) is 24.3 Å². The van der Waals surface area contributed by atoms with Gasteiger partial charge in [-0.25, -0.2) is 0 Å². The van der Waals surface area contributed by atoms with E-state index in [0.29, 0.717) is 11.7 Å². The number of aliphatic hydroxyl groups is 1. The van der Waals surface area contributed by atoms with Crippen LogP contribution in [0.25, 0.3) is 0 Å². The number of aliphatic hydroxyl groups excluding tert-OH is 1. The number of aromatic nitrogens is 1. The highest BCUT2D eigenvalue weighted by Gasteiger charge is 2.48. The van der Waals surface area contributed by atoms with E-state index in [4.69, 9.17) is 9.63 Å². The quantitative estimate of drug-likeness (QED) is 0.863. The van der Waals surface area contributed by atoms with Gasteiger partial charge in [-0.2, -0.15) is 0 Å². The maximum atomic E-state index is 11.8. The second kappa shape index (κ2) is 5.56. The number of rotatable bonds is 5. The average molecular weight is 280 g/mol. The summed E-state index contributed by atoms with van der Waals surface area (Å²) in [4.78, 5) is 11.8. The molecule has 20 heavy (non-hydrogen) atoms. The minimum Gasteiger partial charge on any atom is -0.388 e. The molecule has 112 valence electrons. The number of hydrogen-bond acceptors (Lipinski definition) is 4. The van der Waals surface area contributed by atoms with E-state index >= 15 is 0 Å². The molecule has 1 aromatic rings. The second-order valence-electron chi connectivity index (χ2n) is 6.62. The number of nitrogens with one attached hydrogen (secondary N) is 1. The first-order chi connectivity index (χ1) is 9.34. The van der Waals surface area contributed by atoms with E-state index in [1.165, 1.54) is 0 Å². The van der Waals surface area contributed by atoms with Crippen molar-refractivity contribution in [3.8, 4) is 0 Å². The fourth-order valence-electron chi connectivity index (χ4n) is 2.72. The smallest absolute Gasteiger partial charge is 0.222 e. The SMILES string of the molecule is CC(C)C(=O)N[C@H]1C[C@@H](Cc2cc(CO)on2)C1(C)C. The molecule has 0 saturated heterocycles. The first kappa shape index (κ1) is 15.0. The fourth-order valence-corrected chi connectivity index (χ4v) is 2.72. The van der Waals surface area contributed by atoms with Gasteiger partial charge in [-0.1, -0.05) is 32.9 Å². The van der Waals surface area contributed by atoms with Gasteiger partial charge >= 0.3 is 0 Å². The summed E-state index contributed by atoms with van der Waals surface area (Å²) in [6.45, 7) is 8.06. The van der Waals surface area contributed by atoms with Crippen molar-refractivity contribution in [2.45, 2.75) is 53.2 Å². The molecule has 1 heterocycles. The molecule has 1 fully saturated rings. The summed E-state index contributed by atoms with van der Waals surface area (Å²) >= 11 is 0. The first-order valence-corrected chi connectivity index (χ1v) is 7.20. The predicted molar refractivity (Wildman–Crippen MR) is 74.8 cm³/mol. The molecule has 2 rings (SSSR count). The highest BCUT2D eigenvalue weighted by atomic mass is 16.5. The van der Waals surface area contributed by atoms with Gasteiger partial charge in [0.25, 0.3) is 0 Å². The largest absolute Gasteiger partial charge is 0.388 e. The van der Waals surface area contributed by atoms with Gasteiger partial charge in [0.05, 0.1) is 5.69 Å². The van der Waals surface area contributed by atoms with Gasteiger partial charge in [-0.15, -0.1) is 0 Å². The zero-order valence-corrected chi connectivity index (χ0v) is 12.6. The Morgan fingerprint density at radius 3 is 2.80 bits per heavy atom. The summed E-state index contributed by atoms with van der Waals surface area (Å²) in [7, 11) is 0. The van der Waals surface area contributed by atoms with Crippen molar-refractivity contribution in [3.05, 3.63) is 17.5 Å². The van der Waals surface area contributed by atoms with Crippen molar-refractivity contribution in [2.24, 2.45) is 17.3 Å². The molecule has 1 saturated carbocycles. The van der Waals surface area contributed by atoms with E-state index in [9.17, 15) is 4.79 Å². The molecule has 0 unspecified atom stereocenters. The van der Waals surface area contributed by atoms with Crippen molar-refractivity contribution < 1.29 is 14.4 Å². The van der Waals surface area contributed by atoms with Crippen LogP contribution in [0.3, 0.4) is 0 Å². The van der Waals surface area contributed by atoms with Gasteiger partial charge in [-0.05, 0) is 24.2 Å². The molecular weight excluding hydrogens is 256 g/mol. The molecule has 0 aromatic carbocycles. The van der Waals surface area contributed by atoms with Crippen LogP contribution in [0.2, 0.25) is 0 Å². The third-order valence-corrected chi connectivity index (χ3v) is 4.53. The first-order valence-electron chi connectivity index (χ1n) is 7.20. The molecule has 1 aliphatic rings. The fraction of sp³-hybridized carbons (Fsp3) is 0.733. The molecule has 0 radical (unpaired) electrons. The molecule has 1 aromatic heterocycles. The third kappa shape index (κ3) is 2.87. The van der Waals surface area contributed by atoms with Gasteiger partial charge in [0, 0.05) is 18.0 Å². The Morgan fingerprint density at radius 1 is 1.60 bits per heavy atom. The number of nitrogens with zero attached hydrogens (tertiary/aromatic N) is 1. The van der Waals surface area contributed by atoms with Crippen LogP contribution in [0, 0.1) is 17.3 Å². The zero-order valence-electron chi connectivity index (χ0n) is 12.6. The maximum absolute atomic E-state index is 11.8. The standard InChI is InChI=1S/C15H24N2O3/c1-9(2)14(19)16-13-6-10(15(13,3)4)5-11-7-12(8-18)20-17-11/h7,9-10,13,18H,5-6,8H2,1-4H3,(H,16,19)/t10-,13+/m1/s1. The molecule has 2 atom stereocenters. The monoisotopic (exact) mass is 280 g/mol. The topological polar surface area (TPSA) is 75.4 Å². The average Bonchev–Trinajstić information content (AvgIpc) is 2.85. The normalized spacial score (nSPS) is 24.5. The molecule has 2 N–H and O–H groups in total. The van der Waals surface area contributed by atoms with E-state index in [0.717, 1.165) is 18.5 Å². The molecule has 0 bridgehead atoms. The lowest BCUT2D eigenvalue weighted by molar-refractivity contribution is -0.128. The minimum absolute atomic E-state index is 0.0208. The molecule has 5 heteroatoms. The lowest BCUT2D eigenvalue weighted by Crippen LogP contribution is -2.59. The van der Waals surface area contributed by atoms with Crippen LogP contribution < -0.4 is 5.32 Å². The Labute approximate surface area is 119 Å². The third-order valence-electron chi connectivity index (χ3n) is 4.53.